The van der Waals surface area contributed by atoms with E-state index in [0.29, 0.717) is 0 Å². The van der Waals surface area contributed by atoms with Gasteiger partial charge in [0.15, 0.2) is 8.07 Å². The molecule has 0 aromatic heterocycles. The monoisotopic (exact) mass is 967 g/mol. The first-order valence-corrected chi connectivity index (χ1v) is 28.2. The van der Waals surface area contributed by atoms with Gasteiger partial charge in [0, 0.05) is 17.1 Å². The van der Waals surface area contributed by atoms with Gasteiger partial charge in [0.05, 0.1) is 5.41 Å². The number of fused-ring (bicyclic) bond motifs is 13. The topological polar surface area (TPSA) is 3.24 Å². The lowest BCUT2D eigenvalue weighted by atomic mass is 9.70. The fourth-order valence-electron chi connectivity index (χ4n) is 13.5. The molecule has 350 valence electrons. The second-order valence-electron chi connectivity index (χ2n) is 20.3. The summed E-state index contributed by atoms with van der Waals surface area (Å²) < 4.78 is 0. The van der Waals surface area contributed by atoms with Crippen LogP contribution in [0.3, 0.4) is 0 Å². The molecule has 2 heteroatoms. The minimum atomic E-state index is -2.80. The van der Waals surface area contributed by atoms with Crippen LogP contribution in [-0.4, -0.2) is 8.07 Å². The maximum atomic E-state index is 2.51. The number of hydrogen-bond donors (Lipinski definition) is 0. The van der Waals surface area contributed by atoms with E-state index in [1.807, 2.05) is 0 Å². The number of rotatable bonds is 8. The van der Waals surface area contributed by atoms with Crippen molar-refractivity contribution in [2.75, 3.05) is 4.90 Å². The second kappa shape index (κ2) is 17.1. The molecule has 1 nitrogen and oxygen atoms in total. The molecule has 0 radical (unpaired) electrons. The standard InChI is InChI=1S/C73H49NSi/c1-4-21-50(22-5-1)54-45-55(51-23-6-2-7-24-51)47-58(46-54)74(57-25-20-28-60(49-57)75(59-26-8-3-9-27-59)71-37-18-13-32-64(71)65-33-14-19-38-72(65)75)56-42-39-52(40-43-56)53-41-44-70-66(48-53)63-31-12-17-36-69(63)73(70)67-34-15-10-29-61(67)62-30-11-16-35-68(62)73/h1-49H. The molecule has 75 heavy (non-hydrogen) atoms. The van der Waals surface area contributed by atoms with Crippen LogP contribution in [0, 0.1) is 0 Å². The van der Waals surface area contributed by atoms with Crippen LogP contribution in [0.4, 0.5) is 17.1 Å². The third kappa shape index (κ3) is 6.43. The molecule has 15 rings (SSSR count). The van der Waals surface area contributed by atoms with Crippen molar-refractivity contribution in [3.05, 3.63) is 320 Å². The number of nitrogens with zero attached hydrogens (tertiary/aromatic N) is 1. The molecule has 0 fully saturated rings. The Balaban J connectivity index is 0.915. The maximum Gasteiger partial charge on any atom is 0.180 e. The van der Waals surface area contributed by atoms with Gasteiger partial charge >= 0.3 is 0 Å². The molecule has 0 unspecified atom stereocenters. The Labute approximate surface area is 440 Å². The summed E-state index contributed by atoms with van der Waals surface area (Å²) in [6.45, 7) is 0. The normalized spacial score (nSPS) is 13.5. The average Bonchev–Trinajstić information content (AvgIpc) is 4.08. The van der Waals surface area contributed by atoms with Gasteiger partial charge in [-0.25, -0.2) is 0 Å². The molecule has 12 aromatic carbocycles. The Morgan fingerprint density at radius 2 is 0.653 bits per heavy atom. The predicted octanol–water partition coefficient (Wildman–Crippen LogP) is 15.9. The van der Waals surface area contributed by atoms with Gasteiger partial charge in [0.2, 0.25) is 0 Å². The van der Waals surface area contributed by atoms with Crippen LogP contribution >= 0.6 is 0 Å². The highest BCUT2D eigenvalue weighted by atomic mass is 28.3. The van der Waals surface area contributed by atoms with Gasteiger partial charge in [0.1, 0.15) is 0 Å². The molecular formula is C73H49NSi. The number of hydrogen-bond acceptors (Lipinski definition) is 1. The predicted molar refractivity (Wildman–Crippen MR) is 316 cm³/mol. The summed E-state index contributed by atoms with van der Waals surface area (Å²) in [6, 6.07) is 112. The van der Waals surface area contributed by atoms with Crippen molar-refractivity contribution in [2.24, 2.45) is 0 Å². The highest BCUT2D eigenvalue weighted by molar-refractivity contribution is 7.22. The van der Waals surface area contributed by atoms with Gasteiger partial charge in [-0.3, -0.25) is 0 Å². The van der Waals surface area contributed by atoms with E-state index in [1.54, 1.807) is 0 Å². The van der Waals surface area contributed by atoms with Crippen LogP contribution < -0.4 is 25.6 Å². The summed E-state index contributed by atoms with van der Waals surface area (Å²) in [7, 11) is -2.80. The fourth-order valence-corrected chi connectivity index (χ4v) is 18.7. The maximum absolute atomic E-state index is 2.80. The highest BCUT2D eigenvalue weighted by Gasteiger charge is 2.52. The molecular weight excluding hydrogens is 919 g/mol. The number of benzene rings is 12. The molecule has 0 saturated heterocycles. The zero-order chi connectivity index (χ0) is 49.5. The largest absolute Gasteiger partial charge is 0.310 e. The van der Waals surface area contributed by atoms with Crippen LogP contribution in [0.25, 0.3) is 66.8 Å². The summed E-state index contributed by atoms with van der Waals surface area (Å²) in [4.78, 5) is 2.49. The summed E-state index contributed by atoms with van der Waals surface area (Å²) in [5.74, 6) is 0. The van der Waals surface area contributed by atoms with E-state index in [1.165, 1.54) is 110 Å². The molecule has 0 atom stereocenters. The molecule has 0 bridgehead atoms. The first kappa shape index (κ1) is 43.3. The van der Waals surface area contributed by atoms with Crippen LogP contribution in [0.5, 0.6) is 0 Å². The van der Waals surface area contributed by atoms with Crippen LogP contribution in [0.2, 0.25) is 0 Å². The molecule has 12 aromatic rings. The lowest BCUT2D eigenvalue weighted by Crippen LogP contribution is -2.72. The lowest BCUT2D eigenvalue weighted by molar-refractivity contribution is 0.794. The Morgan fingerprint density at radius 3 is 1.21 bits per heavy atom. The SMILES string of the molecule is c1ccc(-c2cc(-c3ccccc3)cc(N(c3ccc(-c4ccc5c(c4)-c4ccccc4C54c5ccccc5-c5ccccc54)cc3)c3cccc([Si]4(c5ccccc5)c5ccccc5-c5ccccc54)c3)c2)cc1. The molecule has 0 N–H and O–H groups in total. The third-order valence-corrected chi connectivity index (χ3v) is 21.4. The summed E-state index contributed by atoms with van der Waals surface area (Å²) in [5.41, 5.74) is 23.4. The zero-order valence-corrected chi connectivity index (χ0v) is 42.2. The third-order valence-electron chi connectivity index (χ3n) is 16.5. The van der Waals surface area contributed by atoms with Gasteiger partial charge in [-0.1, -0.05) is 249 Å². The average molecular weight is 968 g/mol. The van der Waals surface area contributed by atoms with E-state index in [0.717, 1.165) is 17.1 Å². The van der Waals surface area contributed by atoms with Crippen molar-refractivity contribution in [1.29, 1.82) is 0 Å². The van der Waals surface area contributed by atoms with Crippen molar-refractivity contribution >= 4 is 45.9 Å². The van der Waals surface area contributed by atoms with Crippen molar-refractivity contribution in [2.45, 2.75) is 5.41 Å². The molecule has 1 aliphatic heterocycles. The summed E-state index contributed by atoms with van der Waals surface area (Å²) >= 11 is 0. The second-order valence-corrected chi connectivity index (χ2v) is 24.0. The lowest BCUT2D eigenvalue weighted by Gasteiger charge is -2.33. The van der Waals surface area contributed by atoms with Crippen LogP contribution in [-0.2, 0) is 5.41 Å². The first-order chi connectivity index (χ1) is 37.2. The van der Waals surface area contributed by atoms with E-state index >= 15 is 0 Å². The molecule has 3 aliphatic rings. The first-order valence-electron chi connectivity index (χ1n) is 26.2. The van der Waals surface area contributed by atoms with E-state index < -0.39 is 8.07 Å². The van der Waals surface area contributed by atoms with Gasteiger partial charge in [-0.15, -0.1) is 0 Å². The van der Waals surface area contributed by atoms with E-state index in [9.17, 15) is 0 Å². The molecule has 0 amide bonds. The van der Waals surface area contributed by atoms with Crippen molar-refractivity contribution in [3.63, 3.8) is 0 Å². The van der Waals surface area contributed by atoms with Gasteiger partial charge in [-0.2, -0.15) is 0 Å². The summed E-state index contributed by atoms with van der Waals surface area (Å²) in [5, 5.41) is 5.62. The summed E-state index contributed by atoms with van der Waals surface area (Å²) in [6.07, 6.45) is 0. The van der Waals surface area contributed by atoms with E-state index in [2.05, 4.69) is 302 Å². The Kier molecular flexibility index (Phi) is 9.88. The highest BCUT2D eigenvalue weighted by Crippen LogP contribution is 2.63. The van der Waals surface area contributed by atoms with E-state index in [4.69, 9.17) is 0 Å². The van der Waals surface area contributed by atoms with Crippen molar-refractivity contribution < 1.29 is 0 Å². The Bertz CT molecular complexity index is 4030. The fraction of sp³-hybridized carbons (Fsp3) is 0.0137. The zero-order valence-electron chi connectivity index (χ0n) is 41.2. The van der Waals surface area contributed by atoms with Gasteiger partial charge < -0.3 is 4.90 Å². The van der Waals surface area contributed by atoms with Gasteiger partial charge in [-0.05, 0) is 158 Å². The van der Waals surface area contributed by atoms with E-state index in [-0.39, 0.29) is 5.41 Å². The number of anilines is 3. The minimum absolute atomic E-state index is 0.367. The Hall–Kier alpha value is -9.34. The van der Waals surface area contributed by atoms with Gasteiger partial charge in [0.25, 0.3) is 0 Å². The molecule has 0 saturated carbocycles. The van der Waals surface area contributed by atoms with Crippen molar-refractivity contribution in [3.8, 4) is 66.8 Å². The van der Waals surface area contributed by atoms with Crippen LogP contribution in [0.1, 0.15) is 22.3 Å². The minimum Gasteiger partial charge on any atom is -0.310 e. The smallest absolute Gasteiger partial charge is 0.180 e. The quantitative estimate of drug-likeness (QED) is 0.137. The molecule has 1 heterocycles. The molecule has 2 aliphatic carbocycles. The van der Waals surface area contributed by atoms with Crippen LogP contribution in [0.15, 0.2) is 297 Å². The Morgan fingerprint density at radius 1 is 0.227 bits per heavy atom. The molecule has 1 spiro atoms. The van der Waals surface area contributed by atoms with Crippen molar-refractivity contribution in [1.82, 2.24) is 0 Å².